The van der Waals surface area contributed by atoms with Gasteiger partial charge in [0.2, 0.25) is 0 Å². The summed E-state index contributed by atoms with van der Waals surface area (Å²) in [5.74, 6) is 0.301. The molecule has 8 nitrogen and oxygen atoms in total. The van der Waals surface area contributed by atoms with Crippen LogP contribution in [0.5, 0.6) is 0 Å². The Kier molecular flexibility index (Phi) is 9.41. The van der Waals surface area contributed by atoms with E-state index in [1.807, 2.05) is 80.7 Å². The first-order valence-electron chi connectivity index (χ1n) is 13.8. The standard InChI is InChI=1S/C33H33BrN6O2/c1-23-6-7-26(19-24(23)2)21-36-38-33(42)29-20-28(34)12-13-30(29)37-32(41)27-10-8-25(9-11-27)22-39-15-17-40(18-16-39)31-5-3-4-14-35-31/h3-14,19-21H,15-18,22H2,1-2H3,(H,37,41)(H,38,42). The molecule has 5 rings (SSSR count). The summed E-state index contributed by atoms with van der Waals surface area (Å²) < 4.78 is 0.717. The number of carbonyl (C=O) groups excluding carboxylic acids is 2. The predicted octanol–water partition coefficient (Wildman–Crippen LogP) is 5.80. The molecule has 9 heteroatoms. The van der Waals surface area contributed by atoms with Gasteiger partial charge in [0.25, 0.3) is 11.8 Å². The van der Waals surface area contributed by atoms with Crippen molar-refractivity contribution in [3.05, 3.63) is 123 Å². The average molecular weight is 626 g/mol. The van der Waals surface area contributed by atoms with Gasteiger partial charge in [-0.25, -0.2) is 10.4 Å². The van der Waals surface area contributed by atoms with Gasteiger partial charge in [0, 0.05) is 49.0 Å². The van der Waals surface area contributed by atoms with Gasteiger partial charge in [-0.3, -0.25) is 14.5 Å². The number of piperazine rings is 1. The first-order valence-corrected chi connectivity index (χ1v) is 14.6. The number of amides is 2. The number of nitrogens with one attached hydrogen (secondary N) is 2. The maximum absolute atomic E-state index is 13.1. The highest BCUT2D eigenvalue weighted by Gasteiger charge is 2.19. The molecular formula is C33H33BrN6O2. The molecule has 0 aliphatic carbocycles. The largest absolute Gasteiger partial charge is 0.354 e. The van der Waals surface area contributed by atoms with Crippen molar-refractivity contribution in [3.8, 4) is 0 Å². The van der Waals surface area contributed by atoms with Gasteiger partial charge in [-0.05, 0) is 78.6 Å². The van der Waals surface area contributed by atoms with E-state index in [1.165, 1.54) is 5.56 Å². The third-order valence-electron chi connectivity index (χ3n) is 7.35. The maximum atomic E-state index is 13.1. The van der Waals surface area contributed by atoms with Gasteiger partial charge >= 0.3 is 0 Å². The van der Waals surface area contributed by atoms with Gasteiger partial charge in [-0.1, -0.05) is 52.3 Å². The van der Waals surface area contributed by atoms with Crippen molar-refractivity contribution in [1.29, 1.82) is 0 Å². The summed E-state index contributed by atoms with van der Waals surface area (Å²) in [6.45, 7) is 8.64. The highest BCUT2D eigenvalue weighted by molar-refractivity contribution is 9.10. The molecule has 2 amide bonds. The molecule has 214 valence electrons. The fraction of sp³-hybridized carbons (Fsp3) is 0.212. The molecule has 1 aromatic heterocycles. The SMILES string of the molecule is Cc1ccc(C=NNC(=O)c2cc(Br)ccc2NC(=O)c2ccc(CN3CCN(c4ccccn4)CC3)cc2)cc1C. The lowest BCUT2D eigenvalue weighted by Crippen LogP contribution is -2.46. The predicted molar refractivity (Wildman–Crippen MR) is 171 cm³/mol. The van der Waals surface area contributed by atoms with Crippen molar-refractivity contribution in [2.45, 2.75) is 20.4 Å². The summed E-state index contributed by atoms with van der Waals surface area (Å²) in [4.78, 5) is 35.2. The van der Waals surface area contributed by atoms with Crippen LogP contribution < -0.4 is 15.6 Å². The zero-order valence-electron chi connectivity index (χ0n) is 23.7. The topological polar surface area (TPSA) is 89.9 Å². The number of aromatic nitrogens is 1. The zero-order chi connectivity index (χ0) is 29.5. The van der Waals surface area contributed by atoms with E-state index in [9.17, 15) is 9.59 Å². The first-order chi connectivity index (χ1) is 20.4. The van der Waals surface area contributed by atoms with Crippen LogP contribution in [0.15, 0.2) is 94.6 Å². The molecular weight excluding hydrogens is 592 g/mol. The fourth-order valence-corrected chi connectivity index (χ4v) is 5.14. The summed E-state index contributed by atoms with van der Waals surface area (Å²) in [5, 5.41) is 7.00. The van der Waals surface area contributed by atoms with Crippen molar-refractivity contribution in [3.63, 3.8) is 0 Å². The fourth-order valence-electron chi connectivity index (χ4n) is 4.77. The molecule has 1 aliphatic heterocycles. The molecule has 0 radical (unpaired) electrons. The Bertz CT molecular complexity index is 1580. The van der Waals surface area contributed by atoms with Crippen molar-refractivity contribution in [1.82, 2.24) is 15.3 Å². The Morgan fingerprint density at radius 2 is 1.69 bits per heavy atom. The molecule has 0 saturated carbocycles. The number of hydrazone groups is 1. The molecule has 1 aliphatic rings. The molecule has 1 fully saturated rings. The number of anilines is 2. The van der Waals surface area contributed by atoms with Crippen LogP contribution in [0.25, 0.3) is 0 Å². The zero-order valence-corrected chi connectivity index (χ0v) is 25.3. The van der Waals surface area contributed by atoms with Gasteiger partial charge in [0.05, 0.1) is 17.5 Å². The molecule has 2 N–H and O–H groups in total. The number of pyridine rings is 1. The van der Waals surface area contributed by atoms with Crippen LogP contribution in [0, 0.1) is 13.8 Å². The van der Waals surface area contributed by atoms with E-state index < -0.39 is 5.91 Å². The van der Waals surface area contributed by atoms with Crippen molar-refractivity contribution >= 4 is 45.5 Å². The van der Waals surface area contributed by atoms with Crippen LogP contribution in [0.3, 0.4) is 0 Å². The van der Waals surface area contributed by atoms with E-state index in [2.05, 4.69) is 46.6 Å². The molecule has 0 bridgehead atoms. The van der Waals surface area contributed by atoms with E-state index in [-0.39, 0.29) is 5.91 Å². The summed E-state index contributed by atoms with van der Waals surface area (Å²) in [6.07, 6.45) is 3.43. The highest BCUT2D eigenvalue weighted by Crippen LogP contribution is 2.22. The Balaban J connectivity index is 1.17. The second-order valence-corrected chi connectivity index (χ2v) is 11.3. The van der Waals surface area contributed by atoms with Gasteiger partial charge < -0.3 is 10.2 Å². The normalized spacial score (nSPS) is 13.7. The smallest absolute Gasteiger partial charge is 0.273 e. The molecule has 0 unspecified atom stereocenters. The number of benzene rings is 3. The molecule has 2 heterocycles. The molecule has 3 aromatic carbocycles. The highest BCUT2D eigenvalue weighted by atomic mass is 79.9. The molecule has 0 atom stereocenters. The van der Waals surface area contributed by atoms with Crippen LogP contribution in [0.2, 0.25) is 0 Å². The minimum Gasteiger partial charge on any atom is -0.354 e. The molecule has 0 spiro atoms. The van der Waals surface area contributed by atoms with Gasteiger partial charge in [-0.15, -0.1) is 0 Å². The number of rotatable bonds is 8. The Morgan fingerprint density at radius 3 is 2.40 bits per heavy atom. The minimum atomic E-state index is -0.426. The lowest BCUT2D eigenvalue weighted by atomic mass is 10.1. The van der Waals surface area contributed by atoms with Crippen molar-refractivity contribution in [2.75, 3.05) is 36.4 Å². The summed E-state index contributed by atoms with van der Waals surface area (Å²) in [5.41, 5.74) is 8.15. The van der Waals surface area contributed by atoms with Crippen LogP contribution >= 0.6 is 15.9 Å². The number of hydrogen-bond acceptors (Lipinski definition) is 6. The molecule has 4 aromatic rings. The van der Waals surface area contributed by atoms with E-state index in [4.69, 9.17) is 0 Å². The van der Waals surface area contributed by atoms with E-state index in [0.717, 1.165) is 55.2 Å². The summed E-state index contributed by atoms with van der Waals surface area (Å²) in [6, 6.07) is 24.7. The summed E-state index contributed by atoms with van der Waals surface area (Å²) >= 11 is 3.42. The number of carbonyl (C=O) groups is 2. The Labute approximate surface area is 254 Å². The van der Waals surface area contributed by atoms with Gasteiger partial charge in [0.1, 0.15) is 5.82 Å². The average Bonchev–Trinajstić information content (AvgIpc) is 3.01. The third-order valence-corrected chi connectivity index (χ3v) is 7.85. The number of hydrogen-bond donors (Lipinski definition) is 2. The van der Waals surface area contributed by atoms with Crippen molar-refractivity contribution < 1.29 is 9.59 Å². The molecule has 1 saturated heterocycles. The first kappa shape index (κ1) is 29.2. The number of halogens is 1. The summed E-state index contributed by atoms with van der Waals surface area (Å²) in [7, 11) is 0. The van der Waals surface area contributed by atoms with Crippen LogP contribution in [-0.2, 0) is 6.54 Å². The number of aryl methyl sites for hydroxylation is 2. The second kappa shape index (κ2) is 13.5. The second-order valence-electron chi connectivity index (χ2n) is 10.3. The van der Waals surface area contributed by atoms with Gasteiger partial charge in [0.15, 0.2) is 0 Å². The minimum absolute atomic E-state index is 0.291. The van der Waals surface area contributed by atoms with E-state index >= 15 is 0 Å². The quantitative estimate of drug-likeness (QED) is 0.191. The van der Waals surface area contributed by atoms with Crippen LogP contribution in [-0.4, -0.2) is 54.1 Å². The van der Waals surface area contributed by atoms with Crippen LogP contribution in [0.1, 0.15) is 43.0 Å². The van der Waals surface area contributed by atoms with Gasteiger partial charge in [-0.2, -0.15) is 5.10 Å². The Morgan fingerprint density at radius 1 is 0.905 bits per heavy atom. The Hall–Kier alpha value is -4.34. The van der Waals surface area contributed by atoms with E-state index in [1.54, 1.807) is 24.4 Å². The maximum Gasteiger partial charge on any atom is 0.273 e. The molecule has 42 heavy (non-hydrogen) atoms. The lowest BCUT2D eigenvalue weighted by Gasteiger charge is -2.35. The monoisotopic (exact) mass is 624 g/mol. The van der Waals surface area contributed by atoms with Crippen LogP contribution in [0.4, 0.5) is 11.5 Å². The number of nitrogens with zero attached hydrogens (tertiary/aromatic N) is 4. The lowest BCUT2D eigenvalue weighted by molar-refractivity contribution is 0.0956. The van der Waals surface area contributed by atoms with E-state index in [0.29, 0.717) is 21.3 Å². The van der Waals surface area contributed by atoms with Crippen molar-refractivity contribution in [2.24, 2.45) is 5.10 Å². The third kappa shape index (κ3) is 7.48.